The maximum Gasteiger partial charge on any atom is 0.237 e. The fourth-order valence-electron chi connectivity index (χ4n) is 1.66. The molecule has 15 heavy (non-hydrogen) atoms. The first-order valence-electron chi connectivity index (χ1n) is 6.00. The van der Waals surface area contributed by atoms with Gasteiger partial charge < -0.3 is 11.1 Å². The van der Waals surface area contributed by atoms with E-state index in [1.807, 2.05) is 13.8 Å². The molecule has 0 fully saturated rings. The lowest BCUT2D eigenvalue weighted by Gasteiger charge is -2.33. The zero-order chi connectivity index (χ0) is 12.1. The number of hydrogen-bond donors (Lipinski definition) is 2. The van der Waals surface area contributed by atoms with Crippen molar-refractivity contribution >= 4 is 5.91 Å². The van der Waals surface area contributed by atoms with Crippen molar-refractivity contribution in [2.24, 2.45) is 11.7 Å². The Hall–Kier alpha value is -0.570. The van der Waals surface area contributed by atoms with Crippen molar-refractivity contribution in [3.8, 4) is 0 Å². The monoisotopic (exact) mass is 214 g/mol. The van der Waals surface area contributed by atoms with Crippen LogP contribution in [0.4, 0.5) is 0 Å². The second-order valence-corrected chi connectivity index (χ2v) is 4.60. The zero-order valence-corrected chi connectivity index (χ0v) is 10.8. The van der Waals surface area contributed by atoms with Crippen LogP contribution in [-0.4, -0.2) is 17.5 Å². The number of hydrogen-bond acceptors (Lipinski definition) is 2. The normalized spacial score (nSPS) is 14.1. The lowest BCUT2D eigenvalue weighted by atomic mass is 9.89. The molecule has 0 aliphatic rings. The summed E-state index contributed by atoms with van der Waals surface area (Å²) in [5.41, 5.74) is 5.75. The van der Waals surface area contributed by atoms with Crippen LogP contribution in [0, 0.1) is 5.92 Å². The molecule has 0 aromatic heterocycles. The third kappa shape index (κ3) is 3.82. The zero-order valence-electron chi connectivity index (χ0n) is 10.8. The van der Waals surface area contributed by atoms with Crippen LogP contribution in [0.25, 0.3) is 0 Å². The molecule has 90 valence electrons. The molecule has 0 aromatic rings. The van der Waals surface area contributed by atoms with Gasteiger partial charge in [-0.15, -0.1) is 0 Å². The fourth-order valence-corrected chi connectivity index (χ4v) is 1.66. The molecule has 0 saturated carbocycles. The predicted octanol–water partition coefficient (Wildman–Crippen LogP) is 2.05. The van der Waals surface area contributed by atoms with Gasteiger partial charge in [-0.2, -0.15) is 0 Å². The molecule has 1 atom stereocenters. The van der Waals surface area contributed by atoms with E-state index in [0.29, 0.717) is 0 Å². The van der Waals surface area contributed by atoms with E-state index < -0.39 is 6.04 Å². The quantitative estimate of drug-likeness (QED) is 0.711. The van der Waals surface area contributed by atoms with Gasteiger partial charge in [-0.1, -0.05) is 34.6 Å². The highest BCUT2D eigenvalue weighted by Gasteiger charge is 2.28. The summed E-state index contributed by atoms with van der Waals surface area (Å²) in [7, 11) is 0. The van der Waals surface area contributed by atoms with Crippen LogP contribution in [0.3, 0.4) is 0 Å². The summed E-state index contributed by atoms with van der Waals surface area (Å²) in [6, 6.07) is -0.394. The lowest BCUT2D eigenvalue weighted by molar-refractivity contribution is -0.125. The molecule has 0 spiro atoms. The van der Waals surface area contributed by atoms with Gasteiger partial charge in [0, 0.05) is 5.54 Å². The first kappa shape index (κ1) is 14.4. The molecule has 0 aromatic carbocycles. The first-order chi connectivity index (χ1) is 6.92. The first-order valence-corrected chi connectivity index (χ1v) is 6.00. The molecule has 0 bridgehead atoms. The van der Waals surface area contributed by atoms with Crippen LogP contribution in [0.5, 0.6) is 0 Å². The van der Waals surface area contributed by atoms with Crippen LogP contribution in [0.15, 0.2) is 0 Å². The molecule has 0 radical (unpaired) electrons. The topological polar surface area (TPSA) is 55.1 Å². The Morgan fingerprint density at radius 3 is 1.87 bits per heavy atom. The minimum absolute atomic E-state index is 0.0180. The number of carbonyl (C=O) groups is 1. The van der Waals surface area contributed by atoms with E-state index in [4.69, 9.17) is 5.73 Å². The van der Waals surface area contributed by atoms with E-state index in [1.54, 1.807) is 0 Å². The van der Waals surface area contributed by atoms with Crippen molar-refractivity contribution in [1.82, 2.24) is 5.32 Å². The van der Waals surface area contributed by atoms with E-state index in [9.17, 15) is 4.79 Å². The van der Waals surface area contributed by atoms with E-state index >= 15 is 0 Å². The minimum Gasteiger partial charge on any atom is -0.349 e. The van der Waals surface area contributed by atoms with Gasteiger partial charge in [0.05, 0.1) is 6.04 Å². The smallest absolute Gasteiger partial charge is 0.237 e. The summed E-state index contributed by atoms with van der Waals surface area (Å²) in [5, 5.41) is 3.10. The summed E-state index contributed by atoms with van der Waals surface area (Å²) < 4.78 is 0. The highest BCUT2D eigenvalue weighted by molar-refractivity contribution is 5.82. The number of carbonyl (C=O) groups excluding carboxylic acids is 1. The number of amides is 1. The van der Waals surface area contributed by atoms with E-state index in [2.05, 4.69) is 26.1 Å². The molecule has 3 nitrogen and oxygen atoms in total. The summed E-state index contributed by atoms with van der Waals surface area (Å²) in [5.74, 6) is 0.170. The summed E-state index contributed by atoms with van der Waals surface area (Å²) in [6.45, 7) is 10.3. The average Bonchev–Trinajstić information content (AvgIpc) is 2.24. The van der Waals surface area contributed by atoms with Gasteiger partial charge in [0.1, 0.15) is 0 Å². The number of rotatable bonds is 6. The third-order valence-electron chi connectivity index (χ3n) is 3.44. The molecule has 0 rings (SSSR count). The molecule has 1 amide bonds. The SMILES string of the molecule is CCC(CC)(CC)NC(=O)[C@@H](N)C(C)C. The summed E-state index contributed by atoms with van der Waals surface area (Å²) in [4.78, 5) is 11.8. The van der Waals surface area contributed by atoms with Crippen molar-refractivity contribution in [3.05, 3.63) is 0 Å². The fraction of sp³-hybridized carbons (Fsp3) is 0.917. The van der Waals surface area contributed by atoms with E-state index in [1.165, 1.54) is 0 Å². The maximum atomic E-state index is 11.8. The van der Waals surface area contributed by atoms with Gasteiger partial charge in [-0.25, -0.2) is 0 Å². The maximum absolute atomic E-state index is 11.8. The Labute approximate surface area is 93.8 Å². The van der Waals surface area contributed by atoms with Gasteiger partial charge in [0.2, 0.25) is 5.91 Å². The highest BCUT2D eigenvalue weighted by atomic mass is 16.2. The number of nitrogens with two attached hydrogens (primary N) is 1. The van der Waals surface area contributed by atoms with Crippen molar-refractivity contribution in [2.45, 2.75) is 65.5 Å². The second-order valence-electron chi connectivity index (χ2n) is 4.60. The molecular formula is C12H26N2O. The van der Waals surface area contributed by atoms with Gasteiger partial charge in [-0.3, -0.25) is 4.79 Å². The van der Waals surface area contributed by atoms with Crippen molar-refractivity contribution in [1.29, 1.82) is 0 Å². The van der Waals surface area contributed by atoms with Crippen LogP contribution < -0.4 is 11.1 Å². The molecule has 3 N–H and O–H groups in total. The van der Waals surface area contributed by atoms with Crippen LogP contribution in [0.1, 0.15) is 53.9 Å². The van der Waals surface area contributed by atoms with Crippen molar-refractivity contribution in [3.63, 3.8) is 0 Å². The summed E-state index contributed by atoms with van der Waals surface area (Å²) in [6.07, 6.45) is 2.86. The van der Waals surface area contributed by atoms with Crippen molar-refractivity contribution in [2.75, 3.05) is 0 Å². The lowest BCUT2D eigenvalue weighted by Crippen LogP contribution is -2.54. The molecule has 0 aliphatic heterocycles. The predicted molar refractivity (Wildman–Crippen MR) is 64.6 cm³/mol. The largest absolute Gasteiger partial charge is 0.349 e. The van der Waals surface area contributed by atoms with Gasteiger partial charge >= 0.3 is 0 Å². The molecule has 3 heteroatoms. The highest BCUT2D eigenvalue weighted by Crippen LogP contribution is 2.19. The molecule has 0 unspecified atom stereocenters. The Morgan fingerprint density at radius 2 is 1.60 bits per heavy atom. The third-order valence-corrected chi connectivity index (χ3v) is 3.44. The van der Waals surface area contributed by atoms with E-state index in [-0.39, 0.29) is 17.4 Å². The second kappa shape index (κ2) is 6.11. The minimum atomic E-state index is -0.394. The summed E-state index contributed by atoms with van der Waals surface area (Å²) >= 11 is 0. The number of nitrogens with one attached hydrogen (secondary N) is 1. The Bertz CT molecular complexity index is 190. The average molecular weight is 214 g/mol. The Kier molecular flexibility index (Phi) is 5.88. The molecule has 0 saturated heterocycles. The van der Waals surface area contributed by atoms with Gasteiger partial charge in [0.15, 0.2) is 0 Å². The van der Waals surface area contributed by atoms with Crippen LogP contribution >= 0.6 is 0 Å². The molecule has 0 aliphatic carbocycles. The van der Waals surface area contributed by atoms with E-state index in [0.717, 1.165) is 19.3 Å². The standard InChI is InChI=1S/C12H26N2O/c1-6-12(7-2,8-3)14-11(15)10(13)9(4)5/h9-10H,6-8,13H2,1-5H3,(H,14,15)/t10-/m0/s1. The molecule has 0 heterocycles. The van der Waals surface area contributed by atoms with Crippen LogP contribution in [0.2, 0.25) is 0 Å². The molecular weight excluding hydrogens is 188 g/mol. The van der Waals surface area contributed by atoms with Crippen LogP contribution in [-0.2, 0) is 4.79 Å². The van der Waals surface area contributed by atoms with Crippen molar-refractivity contribution < 1.29 is 4.79 Å². The van der Waals surface area contributed by atoms with Gasteiger partial charge in [-0.05, 0) is 25.2 Å². The van der Waals surface area contributed by atoms with Gasteiger partial charge in [0.25, 0.3) is 0 Å². The Morgan fingerprint density at radius 1 is 1.20 bits per heavy atom. The Balaban J connectivity index is 4.48.